The predicted molar refractivity (Wildman–Crippen MR) is 74.9 cm³/mol. The van der Waals surface area contributed by atoms with E-state index < -0.39 is 0 Å². The van der Waals surface area contributed by atoms with Gasteiger partial charge in [0.15, 0.2) is 0 Å². The topological polar surface area (TPSA) is 42.7 Å². The summed E-state index contributed by atoms with van der Waals surface area (Å²) in [6.07, 6.45) is 1.16. The van der Waals surface area contributed by atoms with Crippen molar-refractivity contribution in [3.63, 3.8) is 0 Å². The molecule has 2 rings (SSSR count). The molecule has 0 saturated carbocycles. The minimum Gasteiger partial charge on any atom is -0.313 e. The van der Waals surface area contributed by atoms with Gasteiger partial charge in [-0.3, -0.25) is 4.68 Å². The lowest BCUT2D eigenvalue weighted by atomic mass is 10.2. The fraction of sp³-hybridized carbons (Fsp3) is 0.538. The molecule has 0 radical (unpaired) electrons. The van der Waals surface area contributed by atoms with Crippen molar-refractivity contribution < 1.29 is 0 Å². The minimum absolute atomic E-state index is 0.768. The summed E-state index contributed by atoms with van der Waals surface area (Å²) in [6.45, 7) is 9.11. The highest BCUT2D eigenvalue weighted by Gasteiger charge is 2.11. The lowest BCUT2D eigenvalue weighted by molar-refractivity contribution is 0.643. The van der Waals surface area contributed by atoms with E-state index in [1.807, 2.05) is 10.2 Å². The van der Waals surface area contributed by atoms with Crippen molar-refractivity contribution >= 4 is 11.3 Å². The van der Waals surface area contributed by atoms with Gasteiger partial charge in [-0.2, -0.15) is 5.10 Å². The normalized spacial score (nSPS) is 11.1. The predicted octanol–water partition coefficient (Wildman–Crippen LogP) is 2.50. The fourth-order valence-corrected chi connectivity index (χ4v) is 2.55. The summed E-state index contributed by atoms with van der Waals surface area (Å²) in [6, 6.07) is 0. The van der Waals surface area contributed by atoms with Crippen LogP contribution in [-0.4, -0.2) is 21.3 Å². The molecule has 0 aliphatic heterocycles. The van der Waals surface area contributed by atoms with Gasteiger partial charge in [-0.05, 0) is 26.8 Å². The molecule has 0 spiro atoms. The molecule has 0 bridgehead atoms. The smallest absolute Gasteiger partial charge is 0.0843 e. The van der Waals surface area contributed by atoms with Crippen molar-refractivity contribution in [2.24, 2.45) is 0 Å². The van der Waals surface area contributed by atoms with Crippen molar-refractivity contribution in [2.75, 3.05) is 6.54 Å². The Kier molecular flexibility index (Phi) is 4.49. The van der Waals surface area contributed by atoms with Crippen LogP contribution in [0.15, 0.2) is 10.9 Å². The van der Waals surface area contributed by atoms with Crippen LogP contribution in [0.1, 0.15) is 36.0 Å². The first-order valence-corrected chi connectivity index (χ1v) is 7.27. The first kappa shape index (κ1) is 13.2. The third-order valence-electron chi connectivity index (χ3n) is 3.06. The number of hydrogen-bond donors (Lipinski definition) is 1. The van der Waals surface area contributed by atoms with Gasteiger partial charge in [0, 0.05) is 23.2 Å². The molecular weight excluding hydrogens is 244 g/mol. The first-order valence-electron chi connectivity index (χ1n) is 6.33. The molecular formula is C13H20N4S. The van der Waals surface area contributed by atoms with Crippen LogP contribution in [0, 0.1) is 13.8 Å². The molecule has 5 heteroatoms. The molecule has 0 amide bonds. The Hall–Kier alpha value is -1.20. The summed E-state index contributed by atoms with van der Waals surface area (Å²) in [4.78, 5) is 4.31. The van der Waals surface area contributed by atoms with Crippen LogP contribution < -0.4 is 5.32 Å². The zero-order valence-corrected chi connectivity index (χ0v) is 12.0. The quantitative estimate of drug-likeness (QED) is 0.815. The average Bonchev–Trinajstić information content (AvgIpc) is 2.93. The van der Waals surface area contributed by atoms with Crippen LogP contribution >= 0.6 is 11.3 Å². The molecule has 2 heterocycles. The SMILES string of the molecule is CCCNCc1c(C)nn(Cc2cscn2)c1C. The molecule has 18 heavy (non-hydrogen) atoms. The van der Waals surface area contributed by atoms with Gasteiger partial charge in [0.2, 0.25) is 0 Å². The van der Waals surface area contributed by atoms with Crippen LogP contribution in [0.5, 0.6) is 0 Å². The van der Waals surface area contributed by atoms with Gasteiger partial charge in [0.1, 0.15) is 0 Å². The summed E-state index contributed by atoms with van der Waals surface area (Å²) in [5.74, 6) is 0. The molecule has 98 valence electrons. The molecule has 2 aromatic heterocycles. The summed E-state index contributed by atoms with van der Waals surface area (Å²) >= 11 is 1.63. The van der Waals surface area contributed by atoms with Crippen LogP contribution in [0.3, 0.4) is 0 Å². The molecule has 0 fully saturated rings. The zero-order valence-electron chi connectivity index (χ0n) is 11.2. The van der Waals surface area contributed by atoms with Crippen molar-refractivity contribution in [3.05, 3.63) is 33.5 Å². The molecule has 4 nitrogen and oxygen atoms in total. The molecule has 0 aliphatic rings. The Labute approximate surface area is 112 Å². The van der Waals surface area contributed by atoms with Gasteiger partial charge in [-0.25, -0.2) is 4.98 Å². The van der Waals surface area contributed by atoms with Crippen LogP contribution in [0.2, 0.25) is 0 Å². The highest BCUT2D eigenvalue weighted by Crippen LogP contribution is 2.14. The number of nitrogens with zero attached hydrogens (tertiary/aromatic N) is 3. The van der Waals surface area contributed by atoms with E-state index >= 15 is 0 Å². The summed E-state index contributed by atoms with van der Waals surface area (Å²) in [5.41, 5.74) is 6.62. The number of nitrogens with one attached hydrogen (secondary N) is 1. The maximum atomic E-state index is 4.61. The standard InChI is InChI=1S/C13H20N4S/c1-4-5-14-6-13-10(2)16-17(11(13)3)7-12-8-18-9-15-12/h8-9,14H,4-7H2,1-3H3. The Morgan fingerprint density at radius 3 is 2.89 bits per heavy atom. The average molecular weight is 264 g/mol. The Morgan fingerprint density at radius 2 is 2.22 bits per heavy atom. The molecule has 0 aromatic carbocycles. The molecule has 1 N–H and O–H groups in total. The zero-order chi connectivity index (χ0) is 13.0. The maximum Gasteiger partial charge on any atom is 0.0843 e. The number of hydrogen-bond acceptors (Lipinski definition) is 4. The fourth-order valence-electron chi connectivity index (χ4n) is 2.00. The van der Waals surface area contributed by atoms with E-state index in [2.05, 4.69) is 41.6 Å². The van der Waals surface area contributed by atoms with Crippen LogP contribution in [0.4, 0.5) is 0 Å². The van der Waals surface area contributed by atoms with E-state index in [1.165, 1.54) is 11.3 Å². The number of aromatic nitrogens is 3. The van der Waals surface area contributed by atoms with E-state index in [1.54, 1.807) is 11.3 Å². The third-order valence-corrected chi connectivity index (χ3v) is 3.69. The number of aryl methyl sites for hydroxylation is 1. The Balaban J connectivity index is 2.10. The second kappa shape index (κ2) is 6.11. The van der Waals surface area contributed by atoms with Gasteiger partial charge in [0.25, 0.3) is 0 Å². The van der Waals surface area contributed by atoms with Crippen molar-refractivity contribution in [2.45, 2.75) is 40.3 Å². The molecule has 0 aliphatic carbocycles. The first-order chi connectivity index (χ1) is 8.72. The van der Waals surface area contributed by atoms with E-state index in [0.717, 1.165) is 37.4 Å². The Morgan fingerprint density at radius 1 is 1.39 bits per heavy atom. The van der Waals surface area contributed by atoms with E-state index in [9.17, 15) is 0 Å². The lowest BCUT2D eigenvalue weighted by Gasteiger charge is -2.05. The van der Waals surface area contributed by atoms with Crippen molar-refractivity contribution in [3.8, 4) is 0 Å². The van der Waals surface area contributed by atoms with E-state index in [-0.39, 0.29) is 0 Å². The second-order valence-electron chi connectivity index (χ2n) is 4.46. The molecule has 0 saturated heterocycles. The molecule has 0 unspecified atom stereocenters. The Bertz CT molecular complexity index is 487. The van der Waals surface area contributed by atoms with Gasteiger partial charge in [0.05, 0.1) is 23.4 Å². The third kappa shape index (κ3) is 2.97. The lowest BCUT2D eigenvalue weighted by Crippen LogP contribution is -2.15. The van der Waals surface area contributed by atoms with Gasteiger partial charge in [-0.15, -0.1) is 11.3 Å². The summed E-state index contributed by atoms with van der Waals surface area (Å²) < 4.78 is 2.05. The maximum absolute atomic E-state index is 4.61. The number of thiazole rings is 1. The van der Waals surface area contributed by atoms with E-state index in [4.69, 9.17) is 0 Å². The van der Waals surface area contributed by atoms with Crippen LogP contribution in [0.25, 0.3) is 0 Å². The molecule has 0 atom stereocenters. The number of rotatable bonds is 6. The van der Waals surface area contributed by atoms with E-state index in [0.29, 0.717) is 0 Å². The summed E-state index contributed by atoms with van der Waals surface area (Å²) in [7, 11) is 0. The summed E-state index contributed by atoms with van der Waals surface area (Å²) in [5, 5.41) is 10.1. The monoisotopic (exact) mass is 264 g/mol. The minimum atomic E-state index is 0.768. The van der Waals surface area contributed by atoms with Gasteiger partial charge >= 0.3 is 0 Å². The second-order valence-corrected chi connectivity index (χ2v) is 5.18. The molecule has 2 aromatic rings. The largest absolute Gasteiger partial charge is 0.313 e. The highest BCUT2D eigenvalue weighted by molar-refractivity contribution is 7.07. The van der Waals surface area contributed by atoms with Crippen molar-refractivity contribution in [1.82, 2.24) is 20.1 Å². The van der Waals surface area contributed by atoms with Crippen molar-refractivity contribution in [1.29, 1.82) is 0 Å². The van der Waals surface area contributed by atoms with Crippen LogP contribution in [-0.2, 0) is 13.1 Å². The van der Waals surface area contributed by atoms with Gasteiger partial charge < -0.3 is 5.32 Å². The van der Waals surface area contributed by atoms with Gasteiger partial charge in [-0.1, -0.05) is 6.92 Å². The highest BCUT2D eigenvalue weighted by atomic mass is 32.1.